The number of hydrogen-bond donors (Lipinski definition) is 2. The average molecular weight is 333 g/mol. The van der Waals surface area contributed by atoms with E-state index in [0.29, 0.717) is 0 Å². The minimum Gasteiger partial charge on any atom is -0.478 e. The Morgan fingerprint density at radius 3 is 1.11 bits per heavy atom. The van der Waals surface area contributed by atoms with Crippen LogP contribution in [0.1, 0.15) is 20.7 Å². The van der Waals surface area contributed by atoms with Crippen LogP contribution < -0.4 is 0 Å². The van der Waals surface area contributed by atoms with Crippen molar-refractivity contribution in [1.29, 1.82) is 0 Å². The molecule has 94 valence electrons. The second kappa shape index (κ2) is 6.44. The van der Waals surface area contributed by atoms with Crippen molar-refractivity contribution in [1.82, 2.24) is 0 Å². The molecule has 0 saturated heterocycles. The molecule has 0 spiro atoms. The van der Waals surface area contributed by atoms with Gasteiger partial charge in [0.1, 0.15) is 0 Å². The summed E-state index contributed by atoms with van der Waals surface area (Å²) in [5, 5.41) is 17.6. The van der Waals surface area contributed by atoms with Crippen molar-refractivity contribution in [2.24, 2.45) is 0 Å². The van der Waals surface area contributed by atoms with Gasteiger partial charge in [0.25, 0.3) is 0 Å². The molecule has 0 amide bonds. The first-order valence-corrected chi connectivity index (χ1v) is 5.25. The Kier molecular flexibility index (Phi) is 5.19. The molecule has 19 heavy (non-hydrogen) atoms. The summed E-state index contributed by atoms with van der Waals surface area (Å²) in [6, 6.07) is 12.8. The van der Waals surface area contributed by atoms with E-state index in [-0.39, 0.29) is 37.3 Å². The molecule has 0 atom stereocenters. The summed E-state index contributed by atoms with van der Waals surface area (Å²) in [6.07, 6.45) is 0. The molecule has 0 aliphatic rings. The molecular formula is C14H10O4Zr. The summed E-state index contributed by atoms with van der Waals surface area (Å²) in [5.74, 6) is -1.94. The van der Waals surface area contributed by atoms with Gasteiger partial charge in [0, 0.05) is 26.2 Å². The zero-order chi connectivity index (χ0) is 13.1. The predicted octanol–water partition coefficient (Wildman–Crippen LogP) is 2.75. The van der Waals surface area contributed by atoms with E-state index in [2.05, 4.69) is 0 Å². The Labute approximate surface area is 128 Å². The third-order valence-corrected chi connectivity index (χ3v) is 2.60. The van der Waals surface area contributed by atoms with Gasteiger partial charge < -0.3 is 10.2 Å². The van der Waals surface area contributed by atoms with E-state index in [9.17, 15) is 9.59 Å². The van der Waals surface area contributed by atoms with Crippen LogP contribution in [-0.4, -0.2) is 22.2 Å². The molecule has 5 heteroatoms. The van der Waals surface area contributed by atoms with E-state index in [4.69, 9.17) is 10.2 Å². The summed E-state index contributed by atoms with van der Waals surface area (Å²) in [5.41, 5.74) is 2.13. The van der Waals surface area contributed by atoms with Gasteiger partial charge in [-0.2, -0.15) is 0 Å². The summed E-state index contributed by atoms with van der Waals surface area (Å²) in [6.45, 7) is 0. The molecule has 4 nitrogen and oxygen atoms in total. The van der Waals surface area contributed by atoms with E-state index in [1.54, 1.807) is 24.3 Å². The Morgan fingerprint density at radius 1 is 0.632 bits per heavy atom. The Morgan fingerprint density at radius 2 is 0.895 bits per heavy atom. The van der Waals surface area contributed by atoms with Gasteiger partial charge in [-0.05, 0) is 35.4 Å². The van der Waals surface area contributed by atoms with Gasteiger partial charge in [-0.15, -0.1) is 0 Å². The first-order valence-electron chi connectivity index (χ1n) is 5.25. The molecular weight excluding hydrogens is 323 g/mol. The number of aromatic carboxylic acids is 2. The van der Waals surface area contributed by atoms with Crippen molar-refractivity contribution in [3.63, 3.8) is 0 Å². The first-order chi connectivity index (χ1) is 8.58. The van der Waals surface area contributed by atoms with Crippen molar-refractivity contribution in [2.75, 3.05) is 0 Å². The number of carboxylic acids is 2. The third kappa shape index (κ3) is 3.61. The molecule has 2 aromatic rings. The Hall–Kier alpha value is -1.74. The number of rotatable bonds is 3. The fourth-order valence-corrected chi connectivity index (χ4v) is 1.61. The standard InChI is InChI=1S/C14H10O4.Zr/c15-13(16)11-5-1-9(2-6-11)10-3-7-12(8-4-10)14(17)18;/h1-8H,(H,15,16)(H,17,18);. The predicted molar refractivity (Wildman–Crippen MR) is 65.8 cm³/mol. The normalized spacial score (nSPS) is 9.47. The van der Waals surface area contributed by atoms with Crippen LogP contribution in [0.25, 0.3) is 11.1 Å². The molecule has 2 N–H and O–H groups in total. The van der Waals surface area contributed by atoms with Gasteiger partial charge in [-0.3, -0.25) is 0 Å². The monoisotopic (exact) mass is 332 g/mol. The van der Waals surface area contributed by atoms with Gasteiger partial charge in [-0.25, -0.2) is 9.59 Å². The zero-order valence-electron chi connectivity index (χ0n) is 9.83. The topological polar surface area (TPSA) is 74.6 Å². The molecule has 0 radical (unpaired) electrons. The minimum absolute atomic E-state index is 0. The molecule has 2 rings (SSSR count). The minimum atomic E-state index is -0.970. The molecule has 2 aromatic carbocycles. The number of benzene rings is 2. The van der Waals surface area contributed by atoms with Crippen LogP contribution in [0.15, 0.2) is 48.5 Å². The Balaban J connectivity index is 0.00000180. The number of carbonyl (C=O) groups is 2. The second-order valence-corrected chi connectivity index (χ2v) is 3.77. The fourth-order valence-electron chi connectivity index (χ4n) is 1.61. The van der Waals surface area contributed by atoms with Crippen molar-refractivity contribution in [3.05, 3.63) is 59.7 Å². The molecule has 0 aliphatic carbocycles. The summed E-state index contributed by atoms with van der Waals surface area (Å²) < 4.78 is 0. The van der Waals surface area contributed by atoms with Crippen LogP contribution in [0.2, 0.25) is 0 Å². The van der Waals surface area contributed by atoms with Crippen molar-refractivity contribution >= 4 is 11.9 Å². The molecule has 0 aliphatic heterocycles. The summed E-state index contributed by atoms with van der Waals surface area (Å²) >= 11 is 0. The molecule has 0 aromatic heterocycles. The quantitative estimate of drug-likeness (QED) is 0.906. The van der Waals surface area contributed by atoms with Gasteiger partial charge >= 0.3 is 11.9 Å². The maximum atomic E-state index is 10.7. The van der Waals surface area contributed by atoms with Crippen LogP contribution in [0, 0.1) is 0 Å². The maximum Gasteiger partial charge on any atom is 0.335 e. The van der Waals surface area contributed by atoms with E-state index in [0.717, 1.165) is 11.1 Å². The van der Waals surface area contributed by atoms with E-state index in [1.807, 2.05) is 0 Å². The maximum absolute atomic E-state index is 10.7. The zero-order valence-corrected chi connectivity index (χ0v) is 12.3. The van der Waals surface area contributed by atoms with Crippen LogP contribution in [-0.2, 0) is 26.2 Å². The number of hydrogen-bond acceptors (Lipinski definition) is 2. The molecule has 0 heterocycles. The number of carboxylic acid groups (broad SMARTS) is 2. The van der Waals surface area contributed by atoms with Crippen LogP contribution in [0.4, 0.5) is 0 Å². The van der Waals surface area contributed by atoms with Gasteiger partial charge in [0.15, 0.2) is 0 Å². The van der Waals surface area contributed by atoms with Crippen LogP contribution in [0.5, 0.6) is 0 Å². The SMILES string of the molecule is O=C(O)c1ccc(-c2ccc(C(=O)O)cc2)cc1.[Zr]. The molecule has 0 unspecified atom stereocenters. The van der Waals surface area contributed by atoms with Crippen LogP contribution in [0.3, 0.4) is 0 Å². The van der Waals surface area contributed by atoms with Gasteiger partial charge in [0.2, 0.25) is 0 Å². The van der Waals surface area contributed by atoms with E-state index >= 15 is 0 Å². The van der Waals surface area contributed by atoms with Crippen molar-refractivity contribution in [2.45, 2.75) is 0 Å². The van der Waals surface area contributed by atoms with E-state index < -0.39 is 11.9 Å². The van der Waals surface area contributed by atoms with Gasteiger partial charge in [-0.1, -0.05) is 24.3 Å². The molecule has 0 saturated carbocycles. The molecule has 0 bridgehead atoms. The van der Waals surface area contributed by atoms with Crippen LogP contribution >= 0.6 is 0 Å². The van der Waals surface area contributed by atoms with E-state index in [1.165, 1.54) is 24.3 Å². The smallest absolute Gasteiger partial charge is 0.335 e. The van der Waals surface area contributed by atoms with Gasteiger partial charge in [0.05, 0.1) is 11.1 Å². The summed E-state index contributed by atoms with van der Waals surface area (Å²) in [7, 11) is 0. The van der Waals surface area contributed by atoms with Crippen molar-refractivity contribution < 1.29 is 46.0 Å². The largest absolute Gasteiger partial charge is 0.478 e. The average Bonchev–Trinajstić information content (AvgIpc) is 2.39. The fraction of sp³-hybridized carbons (Fsp3) is 0. The summed E-state index contributed by atoms with van der Waals surface area (Å²) in [4.78, 5) is 21.4. The second-order valence-electron chi connectivity index (χ2n) is 3.77. The first kappa shape index (κ1) is 15.3. The van der Waals surface area contributed by atoms with Crippen molar-refractivity contribution in [3.8, 4) is 11.1 Å². The Bertz CT molecular complexity index is 532. The molecule has 0 fully saturated rings. The third-order valence-electron chi connectivity index (χ3n) is 2.60.